The van der Waals surface area contributed by atoms with Crippen LogP contribution < -0.4 is 0 Å². The Labute approximate surface area is 123 Å². The van der Waals surface area contributed by atoms with Crippen LogP contribution in [0.2, 0.25) is 5.02 Å². The van der Waals surface area contributed by atoms with E-state index in [2.05, 4.69) is 0 Å². The topological polar surface area (TPSA) is 87.7 Å². The van der Waals surface area contributed by atoms with Crippen molar-refractivity contribution >= 4 is 23.5 Å². The molecule has 0 aliphatic carbocycles. The number of aliphatic carboxylic acids is 1. The van der Waals surface area contributed by atoms with E-state index in [1.54, 1.807) is 0 Å². The number of aromatic carboxylic acids is 1. The molecule has 0 radical (unpaired) electrons. The fourth-order valence-corrected chi connectivity index (χ4v) is 2.25. The molecule has 1 heterocycles. The predicted molar refractivity (Wildman–Crippen MR) is 71.2 cm³/mol. The van der Waals surface area contributed by atoms with Crippen LogP contribution in [0.15, 0.2) is 34.7 Å². The fraction of sp³-hybridized carbons (Fsp3) is 0.143. The maximum Gasteiger partial charge on any atom is 0.371 e. The molecule has 1 aromatic heterocycles. The molecule has 0 amide bonds. The molecule has 0 saturated heterocycles. The Hall–Kier alpha value is -2.34. The third-order valence-electron chi connectivity index (χ3n) is 2.92. The zero-order chi connectivity index (χ0) is 15.6. The number of benzene rings is 1. The molecule has 0 fully saturated rings. The van der Waals surface area contributed by atoms with Gasteiger partial charge in [-0.2, -0.15) is 0 Å². The Balaban J connectivity index is 2.36. The van der Waals surface area contributed by atoms with Gasteiger partial charge < -0.3 is 14.6 Å². The number of carbonyl (C=O) groups is 2. The minimum Gasteiger partial charge on any atom is -0.481 e. The van der Waals surface area contributed by atoms with Gasteiger partial charge in [0.2, 0.25) is 5.76 Å². The Morgan fingerprint density at radius 2 is 1.95 bits per heavy atom. The standard InChI is InChI=1S/C14H10ClFO5/c15-9-2-1-3-10(16)12(9)8(13(17)18)6-7-4-5-11(21-7)14(19)20/h1-5,8H,6H2,(H,17,18)(H,19,20). The minimum absolute atomic E-state index is 0.00702. The molecule has 110 valence electrons. The second-order valence-electron chi connectivity index (χ2n) is 4.30. The number of rotatable bonds is 5. The average Bonchev–Trinajstić information content (AvgIpc) is 2.86. The van der Waals surface area contributed by atoms with E-state index in [9.17, 15) is 19.1 Å². The van der Waals surface area contributed by atoms with Crippen molar-refractivity contribution in [2.24, 2.45) is 0 Å². The third-order valence-corrected chi connectivity index (χ3v) is 3.25. The van der Waals surface area contributed by atoms with Gasteiger partial charge in [0, 0.05) is 17.0 Å². The summed E-state index contributed by atoms with van der Waals surface area (Å²) >= 11 is 5.86. The zero-order valence-corrected chi connectivity index (χ0v) is 11.3. The van der Waals surface area contributed by atoms with E-state index in [0.29, 0.717) is 0 Å². The highest BCUT2D eigenvalue weighted by molar-refractivity contribution is 6.31. The largest absolute Gasteiger partial charge is 0.481 e. The van der Waals surface area contributed by atoms with Crippen molar-refractivity contribution in [2.45, 2.75) is 12.3 Å². The highest BCUT2D eigenvalue weighted by Gasteiger charge is 2.27. The van der Waals surface area contributed by atoms with Gasteiger partial charge in [0.05, 0.1) is 5.92 Å². The molecular formula is C14H10ClFO5. The zero-order valence-electron chi connectivity index (χ0n) is 10.5. The third kappa shape index (κ3) is 3.22. The quantitative estimate of drug-likeness (QED) is 0.885. The highest BCUT2D eigenvalue weighted by atomic mass is 35.5. The van der Waals surface area contributed by atoms with Gasteiger partial charge in [0.15, 0.2) is 0 Å². The van der Waals surface area contributed by atoms with Crippen LogP contribution in [0.1, 0.15) is 27.8 Å². The first kappa shape index (κ1) is 15.1. The smallest absolute Gasteiger partial charge is 0.371 e. The molecule has 0 bridgehead atoms. The predicted octanol–water partition coefficient (Wildman–Crippen LogP) is 3.18. The van der Waals surface area contributed by atoms with Gasteiger partial charge >= 0.3 is 11.9 Å². The lowest BCUT2D eigenvalue weighted by molar-refractivity contribution is -0.138. The lowest BCUT2D eigenvalue weighted by atomic mass is 9.94. The Bertz CT molecular complexity index is 674. The first-order chi connectivity index (χ1) is 9.90. The van der Waals surface area contributed by atoms with Crippen molar-refractivity contribution in [3.05, 3.63) is 58.3 Å². The maximum atomic E-state index is 13.8. The van der Waals surface area contributed by atoms with Crippen LogP contribution in [0.5, 0.6) is 0 Å². The van der Waals surface area contributed by atoms with Crippen molar-refractivity contribution in [1.82, 2.24) is 0 Å². The molecule has 21 heavy (non-hydrogen) atoms. The monoisotopic (exact) mass is 312 g/mol. The SMILES string of the molecule is O=C(O)c1ccc(CC(C(=O)O)c2c(F)cccc2Cl)o1. The summed E-state index contributed by atoms with van der Waals surface area (Å²) in [5.74, 6) is -4.74. The summed E-state index contributed by atoms with van der Waals surface area (Å²) in [5.41, 5.74) is -0.153. The molecule has 2 rings (SSSR count). The van der Waals surface area contributed by atoms with Gasteiger partial charge in [0.1, 0.15) is 11.6 Å². The molecular weight excluding hydrogens is 303 g/mol. The van der Waals surface area contributed by atoms with Crippen LogP contribution >= 0.6 is 11.6 Å². The van der Waals surface area contributed by atoms with E-state index in [4.69, 9.17) is 21.1 Å². The molecule has 2 N–H and O–H groups in total. The Kier molecular flexibility index (Phi) is 4.28. The van der Waals surface area contributed by atoms with Crippen LogP contribution in [-0.2, 0) is 11.2 Å². The van der Waals surface area contributed by atoms with Gasteiger partial charge in [-0.15, -0.1) is 0 Å². The number of furan rings is 1. The Morgan fingerprint density at radius 3 is 2.48 bits per heavy atom. The summed E-state index contributed by atoms with van der Waals surface area (Å²) in [5, 5.41) is 18.0. The first-order valence-electron chi connectivity index (χ1n) is 5.89. The van der Waals surface area contributed by atoms with Gasteiger partial charge in [0.25, 0.3) is 0 Å². The van der Waals surface area contributed by atoms with E-state index in [1.807, 2.05) is 0 Å². The summed E-state index contributed by atoms with van der Waals surface area (Å²) in [4.78, 5) is 22.1. The summed E-state index contributed by atoms with van der Waals surface area (Å²) in [6.07, 6.45) is -0.205. The molecule has 0 aliphatic heterocycles. The normalized spacial score (nSPS) is 12.1. The number of carboxylic acid groups (broad SMARTS) is 2. The summed E-state index contributed by atoms with van der Waals surface area (Å²) in [7, 11) is 0. The molecule has 1 atom stereocenters. The van der Waals surface area contributed by atoms with Crippen molar-refractivity contribution in [2.75, 3.05) is 0 Å². The van der Waals surface area contributed by atoms with Crippen LogP contribution in [0.3, 0.4) is 0 Å². The van der Waals surface area contributed by atoms with Gasteiger partial charge in [-0.25, -0.2) is 9.18 Å². The van der Waals surface area contributed by atoms with Gasteiger partial charge in [-0.1, -0.05) is 17.7 Å². The molecule has 7 heteroatoms. The van der Waals surface area contributed by atoms with Crippen LogP contribution in [0.4, 0.5) is 4.39 Å². The van der Waals surface area contributed by atoms with Crippen molar-refractivity contribution in [3.8, 4) is 0 Å². The minimum atomic E-state index is -1.28. The van der Waals surface area contributed by atoms with Crippen LogP contribution in [0, 0.1) is 5.82 Å². The molecule has 1 unspecified atom stereocenters. The molecule has 5 nitrogen and oxygen atoms in total. The van der Waals surface area contributed by atoms with Crippen molar-refractivity contribution in [1.29, 1.82) is 0 Å². The van der Waals surface area contributed by atoms with Gasteiger partial charge in [-0.05, 0) is 24.3 Å². The van der Waals surface area contributed by atoms with E-state index in [1.165, 1.54) is 24.3 Å². The number of hydrogen-bond acceptors (Lipinski definition) is 3. The number of hydrogen-bond donors (Lipinski definition) is 2. The van der Waals surface area contributed by atoms with E-state index in [0.717, 1.165) is 6.07 Å². The molecule has 2 aromatic rings. The van der Waals surface area contributed by atoms with E-state index >= 15 is 0 Å². The summed E-state index contributed by atoms with van der Waals surface area (Å²) in [6, 6.07) is 6.42. The van der Waals surface area contributed by atoms with Crippen LogP contribution in [-0.4, -0.2) is 22.2 Å². The van der Waals surface area contributed by atoms with Gasteiger partial charge in [-0.3, -0.25) is 4.79 Å². The van der Waals surface area contributed by atoms with Crippen LogP contribution in [0.25, 0.3) is 0 Å². The van der Waals surface area contributed by atoms with E-state index in [-0.39, 0.29) is 28.5 Å². The summed E-state index contributed by atoms with van der Waals surface area (Å²) < 4.78 is 18.8. The molecule has 0 aliphatic rings. The van der Waals surface area contributed by atoms with E-state index < -0.39 is 23.7 Å². The fourth-order valence-electron chi connectivity index (χ4n) is 1.96. The average molecular weight is 313 g/mol. The maximum absolute atomic E-state index is 13.8. The van der Waals surface area contributed by atoms with Crippen molar-refractivity contribution < 1.29 is 28.6 Å². The Morgan fingerprint density at radius 1 is 1.24 bits per heavy atom. The molecule has 1 aromatic carbocycles. The molecule has 0 spiro atoms. The lowest BCUT2D eigenvalue weighted by Crippen LogP contribution is -2.16. The first-order valence-corrected chi connectivity index (χ1v) is 6.26. The molecule has 0 saturated carbocycles. The second-order valence-corrected chi connectivity index (χ2v) is 4.71. The highest BCUT2D eigenvalue weighted by Crippen LogP contribution is 2.30. The number of halogens is 2. The number of carboxylic acids is 2. The second kappa shape index (κ2) is 5.97. The lowest BCUT2D eigenvalue weighted by Gasteiger charge is -2.14. The summed E-state index contributed by atoms with van der Waals surface area (Å²) in [6.45, 7) is 0. The van der Waals surface area contributed by atoms with Crippen molar-refractivity contribution in [3.63, 3.8) is 0 Å².